The summed E-state index contributed by atoms with van der Waals surface area (Å²) < 4.78 is 0.737. The van der Waals surface area contributed by atoms with Crippen molar-refractivity contribution < 1.29 is 0 Å². The van der Waals surface area contributed by atoms with Crippen molar-refractivity contribution in [3.05, 3.63) is 39.4 Å². The first-order chi connectivity index (χ1) is 9.61. The number of fused-ring (bicyclic) bond motifs is 1. The summed E-state index contributed by atoms with van der Waals surface area (Å²) in [4.78, 5) is 19.1. The highest BCUT2D eigenvalue weighted by Crippen LogP contribution is 2.26. The summed E-state index contributed by atoms with van der Waals surface area (Å²) in [6, 6.07) is 5.04. The number of nitrogens with zero attached hydrogens (tertiary/aromatic N) is 3. The number of halogens is 1. The molecule has 9 heteroatoms. The van der Waals surface area contributed by atoms with Gasteiger partial charge in [0.1, 0.15) is 5.82 Å². The number of nitrogen functional groups attached to an aromatic ring is 1. The van der Waals surface area contributed by atoms with Crippen LogP contribution in [0.5, 0.6) is 0 Å². The molecule has 0 bridgehead atoms. The van der Waals surface area contributed by atoms with E-state index in [0.29, 0.717) is 32.6 Å². The second-order valence-corrected chi connectivity index (χ2v) is 6.54. The lowest BCUT2D eigenvalue weighted by atomic mass is 10.2. The minimum atomic E-state index is -0.204. The van der Waals surface area contributed by atoms with Gasteiger partial charge in [0.15, 0.2) is 4.34 Å². The monoisotopic (exact) mass is 325 g/mol. The first-order valence-electron chi connectivity index (χ1n) is 5.52. The smallest absolute Gasteiger partial charge is 0.258 e. The zero-order valence-corrected chi connectivity index (χ0v) is 12.3. The molecule has 20 heavy (non-hydrogen) atoms. The van der Waals surface area contributed by atoms with Crippen molar-refractivity contribution in [3.63, 3.8) is 0 Å². The third-order valence-electron chi connectivity index (χ3n) is 2.47. The van der Waals surface area contributed by atoms with E-state index >= 15 is 0 Å². The van der Waals surface area contributed by atoms with Crippen molar-refractivity contribution >= 4 is 50.7 Å². The summed E-state index contributed by atoms with van der Waals surface area (Å²) in [6.45, 7) is 0. The molecule has 0 saturated heterocycles. The van der Waals surface area contributed by atoms with E-state index < -0.39 is 0 Å². The minimum absolute atomic E-state index is 0.204. The lowest BCUT2D eigenvalue weighted by Gasteiger charge is -2.02. The number of nitrogens with two attached hydrogens (primary N) is 1. The largest absolute Gasteiger partial charge is 0.374 e. The van der Waals surface area contributed by atoms with E-state index in [1.807, 2.05) is 0 Å². The Balaban J connectivity index is 1.89. The van der Waals surface area contributed by atoms with Crippen LogP contribution in [0, 0.1) is 0 Å². The van der Waals surface area contributed by atoms with Crippen molar-refractivity contribution in [1.29, 1.82) is 0 Å². The summed E-state index contributed by atoms with van der Waals surface area (Å²) >= 11 is 8.58. The highest BCUT2D eigenvalue weighted by atomic mass is 35.5. The normalized spacial score (nSPS) is 11.1. The van der Waals surface area contributed by atoms with E-state index in [4.69, 9.17) is 17.3 Å². The van der Waals surface area contributed by atoms with E-state index in [2.05, 4.69) is 20.2 Å². The molecule has 0 aliphatic carbocycles. The number of rotatable bonds is 3. The maximum absolute atomic E-state index is 12.0. The van der Waals surface area contributed by atoms with E-state index in [-0.39, 0.29) is 5.56 Å². The van der Waals surface area contributed by atoms with Gasteiger partial charge in [-0.1, -0.05) is 34.7 Å². The molecule has 0 atom stereocenters. The Kier molecular flexibility index (Phi) is 3.60. The Bertz CT molecular complexity index is 831. The van der Waals surface area contributed by atoms with Crippen LogP contribution in [0.15, 0.2) is 27.3 Å². The molecule has 1 aromatic carbocycles. The molecule has 0 saturated carbocycles. The van der Waals surface area contributed by atoms with Crippen molar-refractivity contribution in [2.45, 2.75) is 10.1 Å². The van der Waals surface area contributed by atoms with Gasteiger partial charge in [-0.2, -0.15) is 0 Å². The Morgan fingerprint density at radius 3 is 3.00 bits per heavy atom. The molecule has 0 radical (unpaired) electrons. The molecule has 3 rings (SSSR count). The van der Waals surface area contributed by atoms with Crippen molar-refractivity contribution in [2.24, 2.45) is 0 Å². The van der Waals surface area contributed by atoms with Crippen LogP contribution in [0.2, 0.25) is 5.02 Å². The Morgan fingerprint density at radius 2 is 2.25 bits per heavy atom. The first kappa shape index (κ1) is 13.3. The summed E-state index contributed by atoms with van der Waals surface area (Å²) in [5, 5.41) is 9.03. The number of hydrogen-bond acceptors (Lipinski definition) is 7. The van der Waals surface area contributed by atoms with Gasteiger partial charge in [0.25, 0.3) is 5.56 Å². The highest BCUT2D eigenvalue weighted by molar-refractivity contribution is 8.00. The molecule has 0 unspecified atom stereocenters. The fourth-order valence-electron chi connectivity index (χ4n) is 1.64. The zero-order chi connectivity index (χ0) is 14.1. The molecule has 2 aromatic heterocycles. The molecule has 3 aromatic rings. The Labute approximate surface area is 126 Å². The lowest BCUT2D eigenvalue weighted by Crippen LogP contribution is -2.11. The number of anilines is 1. The maximum Gasteiger partial charge on any atom is 0.258 e. The van der Waals surface area contributed by atoms with Gasteiger partial charge in [-0.3, -0.25) is 4.79 Å². The van der Waals surface area contributed by atoms with Crippen molar-refractivity contribution in [2.75, 3.05) is 5.73 Å². The quantitative estimate of drug-likeness (QED) is 0.717. The Hall–Kier alpha value is -1.64. The molecule has 0 fully saturated rings. The maximum atomic E-state index is 12.0. The fraction of sp³-hybridized carbons (Fsp3) is 0.0909. The standard InChI is InChI=1S/C11H8ClN5OS2/c12-5-1-2-7-6(3-5)9(18)15-8(14-7)4-19-11-17-16-10(13)20-11/h1-3H,4H2,(H2,13,16)(H,14,15,18). The number of H-pyrrole nitrogens is 1. The number of nitrogens with one attached hydrogen (secondary N) is 1. The average molecular weight is 326 g/mol. The minimum Gasteiger partial charge on any atom is -0.374 e. The predicted molar refractivity (Wildman–Crippen MR) is 81.3 cm³/mol. The fourth-order valence-corrected chi connectivity index (χ4v) is 3.31. The van der Waals surface area contributed by atoms with Gasteiger partial charge >= 0.3 is 0 Å². The van der Waals surface area contributed by atoms with E-state index in [1.165, 1.54) is 23.1 Å². The molecular weight excluding hydrogens is 318 g/mol. The van der Waals surface area contributed by atoms with Crippen LogP contribution < -0.4 is 11.3 Å². The van der Waals surface area contributed by atoms with Crippen LogP contribution in [0.1, 0.15) is 5.82 Å². The molecule has 0 aliphatic rings. The predicted octanol–water partition coefficient (Wildman–Crippen LogP) is 2.30. The summed E-state index contributed by atoms with van der Waals surface area (Å²) in [7, 11) is 0. The van der Waals surface area contributed by atoms with Crippen LogP contribution in [0.4, 0.5) is 5.13 Å². The summed E-state index contributed by atoms with van der Waals surface area (Å²) in [5.41, 5.74) is 5.92. The molecule has 102 valence electrons. The molecule has 0 aliphatic heterocycles. The van der Waals surface area contributed by atoms with Gasteiger partial charge in [0.2, 0.25) is 5.13 Å². The molecular formula is C11H8ClN5OS2. The van der Waals surface area contributed by atoms with Gasteiger partial charge in [-0.25, -0.2) is 4.98 Å². The number of hydrogen-bond donors (Lipinski definition) is 2. The van der Waals surface area contributed by atoms with Gasteiger partial charge in [0, 0.05) is 5.02 Å². The second kappa shape index (κ2) is 5.39. The third kappa shape index (κ3) is 2.77. The van der Waals surface area contributed by atoms with E-state index in [0.717, 1.165) is 4.34 Å². The second-order valence-electron chi connectivity index (χ2n) is 3.87. The lowest BCUT2D eigenvalue weighted by molar-refractivity contribution is 1.01. The SMILES string of the molecule is Nc1nnc(SCc2nc3ccc(Cl)cc3c(=O)[nH]2)s1. The van der Waals surface area contributed by atoms with Crippen LogP contribution in [0.25, 0.3) is 10.9 Å². The van der Waals surface area contributed by atoms with Gasteiger partial charge in [0.05, 0.1) is 16.7 Å². The molecule has 6 nitrogen and oxygen atoms in total. The van der Waals surface area contributed by atoms with Crippen LogP contribution in [-0.2, 0) is 5.75 Å². The molecule has 0 amide bonds. The average Bonchev–Trinajstić information content (AvgIpc) is 2.83. The van der Waals surface area contributed by atoms with Crippen LogP contribution >= 0.6 is 34.7 Å². The topological polar surface area (TPSA) is 97.5 Å². The van der Waals surface area contributed by atoms with Gasteiger partial charge < -0.3 is 10.7 Å². The Morgan fingerprint density at radius 1 is 1.40 bits per heavy atom. The molecule has 2 heterocycles. The van der Waals surface area contributed by atoms with E-state index in [1.54, 1.807) is 18.2 Å². The number of aromatic nitrogens is 4. The third-order valence-corrected chi connectivity index (χ3v) is 4.60. The van der Waals surface area contributed by atoms with Crippen LogP contribution in [0.3, 0.4) is 0 Å². The zero-order valence-electron chi connectivity index (χ0n) is 9.96. The van der Waals surface area contributed by atoms with Crippen LogP contribution in [-0.4, -0.2) is 20.2 Å². The number of thioether (sulfide) groups is 1. The highest BCUT2D eigenvalue weighted by Gasteiger charge is 2.07. The van der Waals surface area contributed by atoms with Gasteiger partial charge in [-0.15, -0.1) is 10.2 Å². The van der Waals surface area contributed by atoms with Crippen molar-refractivity contribution in [3.8, 4) is 0 Å². The van der Waals surface area contributed by atoms with Gasteiger partial charge in [-0.05, 0) is 18.2 Å². The van der Waals surface area contributed by atoms with Crippen molar-refractivity contribution in [1.82, 2.24) is 20.2 Å². The number of aromatic amines is 1. The number of benzene rings is 1. The first-order valence-corrected chi connectivity index (χ1v) is 7.70. The molecule has 0 spiro atoms. The molecule has 3 N–H and O–H groups in total. The summed E-state index contributed by atoms with van der Waals surface area (Å²) in [6.07, 6.45) is 0. The van der Waals surface area contributed by atoms with E-state index in [9.17, 15) is 4.79 Å². The summed E-state index contributed by atoms with van der Waals surface area (Å²) in [5.74, 6) is 1.06.